The molecule has 2 atom stereocenters. The highest BCUT2D eigenvalue weighted by atomic mass is 35.5. The minimum atomic E-state index is -0.194. The number of ether oxygens (including phenoxy) is 1. The van der Waals surface area contributed by atoms with Crippen LogP contribution in [0.4, 0.5) is 0 Å². The molecule has 0 radical (unpaired) electrons. The van der Waals surface area contributed by atoms with Gasteiger partial charge in [-0.15, -0.1) is 22.7 Å². The van der Waals surface area contributed by atoms with Crippen LogP contribution in [0.5, 0.6) is 5.75 Å². The van der Waals surface area contributed by atoms with Crippen LogP contribution < -0.4 is 4.74 Å². The quantitative estimate of drug-likeness (QED) is 0.342. The second-order valence-corrected chi connectivity index (χ2v) is 11.0. The summed E-state index contributed by atoms with van der Waals surface area (Å²) in [5.41, 5.74) is 1.14. The van der Waals surface area contributed by atoms with Crippen molar-refractivity contribution in [3.8, 4) is 5.75 Å². The Labute approximate surface area is 213 Å². The van der Waals surface area contributed by atoms with Crippen molar-refractivity contribution in [2.75, 3.05) is 26.2 Å². The van der Waals surface area contributed by atoms with Crippen molar-refractivity contribution < 1.29 is 14.3 Å². The summed E-state index contributed by atoms with van der Waals surface area (Å²) in [5, 5.41) is 4.62. The topological polar surface area (TPSA) is 49.9 Å². The first-order valence-electron chi connectivity index (χ1n) is 11.5. The Morgan fingerprint density at radius 2 is 1.97 bits per heavy atom. The Hall–Kier alpha value is -2.35. The Bertz CT molecular complexity index is 1100. The van der Waals surface area contributed by atoms with Gasteiger partial charge in [0.1, 0.15) is 18.9 Å². The van der Waals surface area contributed by atoms with Crippen LogP contribution in [-0.2, 0) is 11.2 Å². The average molecular weight is 517 g/mol. The summed E-state index contributed by atoms with van der Waals surface area (Å²) in [7, 11) is 0. The number of hydrogen-bond donors (Lipinski definition) is 0. The van der Waals surface area contributed by atoms with Gasteiger partial charge in [-0.3, -0.25) is 9.59 Å². The molecule has 1 aliphatic rings. The maximum Gasteiger partial charge on any atom is 0.264 e. The van der Waals surface area contributed by atoms with Crippen molar-refractivity contribution in [1.82, 2.24) is 9.80 Å². The molecule has 4 rings (SSSR count). The van der Waals surface area contributed by atoms with Crippen molar-refractivity contribution in [3.63, 3.8) is 0 Å². The zero-order valence-corrected chi connectivity index (χ0v) is 21.8. The van der Waals surface area contributed by atoms with Gasteiger partial charge in [-0.2, -0.15) is 0 Å². The standard InChI is InChI=1S/C26H29ClN2O3S2/c1-3-18(2)15-28(26(31)24-5-4-13-33-24)16-25(30)29-12-10-23-21(11-14-34-23)22(29)17-32-20-8-6-19(27)7-9-20/h4-9,11,13-14,18,22H,3,10,12,15-17H2,1-2H3/t18-,22+/m0/s1. The van der Waals surface area contributed by atoms with Crippen LogP contribution in [0, 0.1) is 5.92 Å². The van der Waals surface area contributed by atoms with Gasteiger partial charge in [0.05, 0.1) is 10.9 Å². The van der Waals surface area contributed by atoms with Gasteiger partial charge in [0.15, 0.2) is 0 Å². The van der Waals surface area contributed by atoms with Crippen LogP contribution in [0.2, 0.25) is 5.02 Å². The van der Waals surface area contributed by atoms with E-state index >= 15 is 0 Å². The molecule has 180 valence electrons. The third kappa shape index (κ3) is 5.82. The molecule has 0 aliphatic carbocycles. The minimum Gasteiger partial charge on any atom is -0.491 e. The fourth-order valence-electron chi connectivity index (χ4n) is 4.12. The molecular formula is C26H29ClN2O3S2. The Kier molecular flexibility index (Phi) is 8.29. The van der Waals surface area contributed by atoms with E-state index in [0.717, 1.165) is 18.4 Å². The number of benzene rings is 1. The summed E-state index contributed by atoms with van der Waals surface area (Å²) in [6.45, 7) is 5.81. The third-order valence-electron chi connectivity index (χ3n) is 6.21. The van der Waals surface area contributed by atoms with Gasteiger partial charge in [-0.05, 0) is 65.1 Å². The SMILES string of the molecule is CC[C@H](C)CN(CC(=O)N1CCc2sccc2[C@H]1COc1ccc(Cl)cc1)C(=O)c1cccs1. The second kappa shape index (κ2) is 11.4. The summed E-state index contributed by atoms with van der Waals surface area (Å²) in [5.74, 6) is 0.900. The number of rotatable bonds is 9. The van der Waals surface area contributed by atoms with E-state index in [2.05, 4.69) is 25.3 Å². The molecule has 3 aromatic rings. The van der Waals surface area contributed by atoms with Crippen LogP contribution >= 0.6 is 34.3 Å². The maximum atomic E-state index is 13.6. The predicted molar refractivity (Wildman–Crippen MR) is 139 cm³/mol. The van der Waals surface area contributed by atoms with Crippen LogP contribution in [-0.4, -0.2) is 47.9 Å². The van der Waals surface area contributed by atoms with Gasteiger partial charge in [0.2, 0.25) is 5.91 Å². The van der Waals surface area contributed by atoms with E-state index in [-0.39, 0.29) is 24.4 Å². The molecule has 0 unspecified atom stereocenters. The smallest absolute Gasteiger partial charge is 0.264 e. The highest BCUT2D eigenvalue weighted by molar-refractivity contribution is 7.12. The lowest BCUT2D eigenvalue weighted by molar-refractivity contribution is -0.135. The highest BCUT2D eigenvalue weighted by Crippen LogP contribution is 2.34. The number of nitrogens with zero attached hydrogens (tertiary/aromatic N) is 2. The predicted octanol–water partition coefficient (Wildman–Crippen LogP) is 6.16. The largest absolute Gasteiger partial charge is 0.491 e. The summed E-state index contributed by atoms with van der Waals surface area (Å²) >= 11 is 9.13. The van der Waals surface area contributed by atoms with Crippen LogP contribution in [0.1, 0.15) is 46.4 Å². The molecule has 1 aliphatic heterocycles. The van der Waals surface area contributed by atoms with E-state index in [4.69, 9.17) is 16.3 Å². The zero-order valence-electron chi connectivity index (χ0n) is 19.4. The summed E-state index contributed by atoms with van der Waals surface area (Å²) in [6, 6.07) is 12.8. The number of carbonyl (C=O) groups excluding carboxylic acids is 2. The minimum absolute atomic E-state index is 0.0465. The lowest BCUT2D eigenvalue weighted by Gasteiger charge is -2.37. The zero-order chi connectivity index (χ0) is 24.1. The molecule has 0 N–H and O–H groups in total. The normalized spacial score (nSPS) is 16.1. The number of amides is 2. The Balaban J connectivity index is 1.52. The van der Waals surface area contributed by atoms with E-state index in [0.29, 0.717) is 41.3 Å². The highest BCUT2D eigenvalue weighted by Gasteiger charge is 2.34. The number of fused-ring (bicyclic) bond motifs is 1. The summed E-state index contributed by atoms with van der Waals surface area (Å²) < 4.78 is 6.07. The van der Waals surface area contributed by atoms with Gasteiger partial charge in [0.25, 0.3) is 5.91 Å². The average Bonchev–Trinajstić information content (AvgIpc) is 3.54. The Morgan fingerprint density at radius 1 is 1.18 bits per heavy atom. The molecule has 0 saturated carbocycles. The molecule has 0 bridgehead atoms. The van der Waals surface area contributed by atoms with Crippen molar-refractivity contribution in [3.05, 3.63) is 73.6 Å². The number of carbonyl (C=O) groups is 2. The van der Waals surface area contributed by atoms with E-state index in [1.54, 1.807) is 28.4 Å². The van der Waals surface area contributed by atoms with Crippen LogP contribution in [0.25, 0.3) is 0 Å². The number of halogens is 1. The van der Waals surface area contributed by atoms with E-state index in [9.17, 15) is 9.59 Å². The summed E-state index contributed by atoms with van der Waals surface area (Å²) in [6.07, 6.45) is 1.77. The maximum absolute atomic E-state index is 13.6. The molecule has 2 amide bonds. The Morgan fingerprint density at radius 3 is 2.68 bits per heavy atom. The van der Waals surface area contributed by atoms with Crippen molar-refractivity contribution in [2.45, 2.75) is 32.7 Å². The lowest BCUT2D eigenvalue weighted by Crippen LogP contribution is -2.48. The fourth-order valence-corrected chi connectivity index (χ4v) is 5.86. The van der Waals surface area contributed by atoms with Crippen LogP contribution in [0.3, 0.4) is 0 Å². The molecule has 34 heavy (non-hydrogen) atoms. The number of hydrogen-bond acceptors (Lipinski definition) is 5. The summed E-state index contributed by atoms with van der Waals surface area (Å²) in [4.78, 5) is 32.4. The van der Waals surface area contributed by atoms with E-state index < -0.39 is 0 Å². The third-order valence-corrected chi connectivity index (χ3v) is 8.32. The molecule has 3 heterocycles. The van der Waals surface area contributed by atoms with Crippen molar-refractivity contribution in [2.24, 2.45) is 5.92 Å². The van der Waals surface area contributed by atoms with Gasteiger partial charge >= 0.3 is 0 Å². The first-order chi connectivity index (χ1) is 16.5. The van der Waals surface area contributed by atoms with Gasteiger partial charge < -0.3 is 14.5 Å². The van der Waals surface area contributed by atoms with E-state index in [1.807, 2.05) is 34.5 Å². The second-order valence-electron chi connectivity index (χ2n) is 8.59. The first kappa shape index (κ1) is 24.8. The molecule has 0 fully saturated rings. The molecular weight excluding hydrogens is 488 g/mol. The molecule has 0 saturated heterocycles. The van der Waals surface area contributed by atoms with Gasteiger partial charge in [-0.25, -0.2) is 0 Å². The lowest BCUT2D eigenvalue weighted by atomic mass is 10.00. The molecule has 8 heteroatoms. The van der Waals surface area contributed by atoms with Gasteiger partial charge in [0, 0.05) is 23.0 Å². The van der Waals surface area contributed by atoms with Crippen molar-refractivity contribution in [1.29, 1.82) is 0 Å². The van der Waals surface area contributed by atoms with Crippen molar-refractivity contribution >= 4 is 46.1 Å². The van der Waals surface area contributed by atoms with Gasteiger partial charge in [-0.1, -0.05) is 37.9 Å². The molecule has 0 spiro atoms. The molecule has 5 nitrogen and oxygen atoms in total. The monoisotopic (exact) mass is 516 g/mol. The number of thiophene rings is 2. The van der Waals surface area contributed by atoms with E-state index in [1.165, 1.54) is 16.2 Å². The molecule has 1 aromatic carbocycles. The molecule has 2 aromatic heterocycles. The first-order valence-corrected chi connectivity index (χ1v) is 13.7. The fraction of sp³-hybridized carbons (Fsp3) is 0.385. The van der Waals surface area contributed by atoms with Crippen LogP contribution in [0.15, 0.2) is 53.2 Å².